The minimum atomic E-state index is 0.520. The van der Waals surface area contributed by atoms with Crippen LogP contribution < -0.4 is 5.32 Å². The van der Waals surface area contributed by atoms with Crippen LogP contribution in [0.5, 0.6) is 0 Å². The van der Waals surface area contributed by atoms with Crippen molar-refractivity contribution in [1.29, 1.82) is 0 Å². The van der Waals surface area contributed by atoms with Gasteiger partial charge >= 0.3 is 0 Å². The molecule has 1 heterocycles. The Bertz CT molecular complexity index is 294. The quantitative estimate of drug-likeness (QED) is 0.732. The highest BCUT2D eigenvalue weighted by molar-refractivity contribution is 5.33. The van der Waals surface area contributed by atoms with Gasteiger partial charge in [-0.05, 0) is 25.2 Å². The van der Waals surface area contributed by atoms with E-state index < -0.39 is 0 Å². The third kappa shape index (κ3) is 1.74. The summed E-state index contributed by atoms with van der Waals surface area (Å²) in [4.78, 5) is 2.22. The second-order valence-corrected chi connectivity index (χ2v) is 3.89. The van der Waals surface area contributed by atoms with E-state index in [-0.39, 0.29) is 0 Å². The Morgan fingerprint density at radius 2 is 2.15 bits per heavy atom. The lowest BCUT2D eigenvalue weighted by atomic mass is 10.1. The van der Waals surface area contributed by atoms with E-state index in [1.54, 1.807) is 0 Å². The molecule has 2 nitrogen and oxygen atoms in total. The van der Waals surface area contributed by atoms with Crippen molar-refractivity contribution in [2.24, 2.45) is 0 Å². The van der Waals surface area contributed by atoms with Crippen molar-refractivity contribution in [1.82, 2.24) is 10.2 Å². The lowest BCUT2D eigenvalue weighted by Gasteiger charge is -2.17. The first-order chi connectivity index (χ1) is 6.27. The third-order valence-corrected chi connectivity index (χ3v) is 2.52. The van der Waals surface area contributed by atoms with E-state index in [2.05, 4.69) is 48.6 Å². The van der Waals surface area contributed by atoms with Gasteiger partial charge in [-0.2, -0.15) is 0 Å². The first kappa shape index (κ1) is 8.73. The Morgan fingerprint density at radius 3 is 2.92 bits per heavy atom. The lowest BCUT2D eigenvalue weighted by Crippen LogP contribution is -2.26. The van der Waals surface area contributed by atoms with Crippen LogP contribution in [0, 0.1) is 0 Å². The molecule has 13 heavy (non-hydrogen) atoms. The van der Waals surface area contributed by atoms with E-state index in [4.69, 9.17) is 0 Å². The highest BCUT2D eigenvalue weighted by Crippen LogP contribution is 2.24. The van der Waals surface area contributed by atoms with Crippen LogP contribution in [0.2, 0.25) is 0 Å². The summed E-state index contributed by atoms with van der Waals surface area (Å²) in [6.45, 7) is 2.10. The van der Waals surface area contributed by atoms with E-state index in [1.807, 2.05) is 0 Å². The van der Waals surface area contributed by atoms with Crippen molar-refractivity contribution in [2.75, 3.05) is 20.6 Å². The average Bonchev–Trinajstić information content (AvgIpc) is 2.48. The molecule has 0 saturated heterocycles. The van der Waals surface area contributed by atoms with Gasteiger partial charge in [-0.1, -0.05) is 24.3 Å². The van der Waals surface area contributed by atoms with E-state index in [0.29, 0.717) is 6.04 Å². The third-order valence-electron chi connectivity index (χ3n) is 2.52. The standard InChI is InChI=1S/C11H16N2/c1-13(2)8-11-10-6-4-3-5-9(10)7-12-11/h3-6,11-12H,7-8H2,1-2H3. The summed E-state index contributed by atoms with van der Waals surface area (Å²) in [7, 11) is 4.23. The molecule has 1 aliphatic rings. The molecule has 0 radical (unpaired) electrons. The fourth-order valence-corrected chi connectivity index (χ4v) is 1.91. The molecule has 0 aliphatic carbocycles. The molecule has 1 atom stereocenters. The number of fused-ring (bicyclic) bond motifs is 1. The number of nitrogens with one attached hydrogen (secondary N) is 1. The van der Waals surface area contributed by atoms with Crippen molar-refractivity contribution >= 4 is 0 Å². The van der Waals surface area contributed by atoms with Crippen molar-refractivity contribution < 1.29 is 0 Å². The van der Waals surface area contributed by atoms with Crippen LogP contribution >= 0.6 is 0 Å². The second-order valence-electron chi connectivity index (χ2n) is 3.89. The van der Waals surface area contributed by atoms with Crippen LogP contribution in [0.3, 0.4) is 0 Å². The Kier molecular flexibility index (Phi) is 2.34. The van der Waals surface area contributed by atoms with Gasteiger partial charge < -0.3 is 10.2 Å². The molecule has 0 bridgehead atoms. The molecule has 70 valence electrons. The van der Waals surface area contributed by atoms with Crippen molar-refractivity contribution in [3.8, 4) is 0 Å². The van der Waals surface area contributed by atoms with Crippen LogP contribution in [0.1, 0.15) is 17.2 Å². The minimum absolute atomic E-state index is 0.520. The predicted octanol–water partition coefficient (Wildman–Crippen LogP) is 1.39. The molecule has 0 fully saturated rings. The zero-order valence-corrected chi connectivity index (χ0v) is 8.25. The van der Waals surface area contributed by atoms with E-state index in [9.17, 15) is 0 Å². The molecule has 2 rings (SSSR count). The van der Waals surface area contributed by atoms with E-state index in [0.717, 1.165) is 13.1 Å². The molecule has 1 unspecified atom stereocenters. The van der Waals surface area contributed by atoms with Crippen LogP contribution in [0.25, 0.3) is 0 Å². The largest absolute Gasteiger partial charge is 0.308 e. The van der Waals surface area contributed by atoms with Crippen molar-refractivity contribution in [3.05, 3.63) is 35.4 Å². The van der Waals surface area contributed by atoms with Gasteiger partial charge in [0, 0.05) is 19.1 Å². The summed E-state index contributed by atoms with van der Waals surface area (Å²) in [6, 6.07) is 9.18. The molecule has 1 N–H and O–H groups in total. The summed E-state index contributed by atoms with van der Waals surface area (Å²) in [5.74, 6) is 0. The summed E-state index contributed by atoms with van der Waals surface area (Å²) < 4.78 is 0. The Morgan fingerprint density at radius 1 is 1.38 bits per heavy atom. The predicted molar refractivity (Wildman–Crippen MR) is 54.6 cm³/mol. The van der Waals surface area contributed by atoms with E-state index >= 15 is 0 Å². The van der Waals surface area contributed by atoms with Crippen LogP contribution in [-0.2, 0) is 6.54 Å². The van der Waals surface area contributed by atoms with Crippen LogP contribution in [0.4, 0.5) is 0 Å². The topological polar surface area (TPSA) is 15.3 Å². The monoisotopic (exact) mass is 176 g/mol. The summed E-state index contributed by atoms with van der Waals surface area (Å²) in [5, 5.41) is 3.51. The molecule has 1 aromatic rings. The number of hydrogen-bond donors (Lipinski definition) is 1. The van der Waals surface area contributed by atoms with Gasteiger partial charge in [0.05, 0.1) is 0 Å². The lowest BCUT2D eigenvalue weighted by molar-refractivity contribution is 0.353. The number of hydrogen-bond acceptors (Lipinski definition) is 2. The molecule has 0 saturated carbocycles. The highest BCUT2D eigenvalue weighted by Gasteiger charge is 2.20. The maximum Gasteiger partial charge on any atom is 0.0454 e. The smallest absolute Gasteiger partial charge is 0.0454 e. The summed E-state index contributed by atoms with van der Waals surface area (Å²) >= 11 is 0. The number of benzene rings is 1. The fraction of sp³-hybridized carbons (Fsp3) is 0.455. The molecular formula is C11H16N2. The summed E-state index contributed by atoms with van der Waals surface area (Å²) in [6.07, 6.45) is 0. The van der Waals surface area contributed by atoms with Gasteiger partial charge in [-0.25, -0.2) is 0 Å². The van der Waals surface area contributed by atoms with Gasteiger partial charge in [0.2, 0.25) is 0 Å². The molecule has 0 aromatic heterocycles. The first-order valence-corrected chi connectivity index (χ1v) is 4.73. The Hall–Kier alpha value is -0.860. The molecule has 1 aromatic carbocycles. The minimum Gasteiger partial charge on any atom is -0.308 e. The van der Waals surface area contributed by atoms with Gasteiger partial charge in [-0.15, -0.1) is 0 Å². The van der Waals surface area contributed by atoms with Gasteiger partial charge in [0.1, 0.15) is 0 Å². The first-order valence-electron chi connectivity index (χ1n) is 4.73. The Balaban J connectivity index is 2.18. The maximum atomic E-state index is 3.51. The molecule has 0 spiro atoms. The van der Waals surface area contributed by atoms with Gasteiger partial charge in [-0.3, -0.25) is 0 Å². The maximum absolute atomic E-state index is 3.51. The van der Waals surface area contributed by atoms with Crippen LogP contribution in [-0.4, -0.2) is 25.5 Å². The molecule has 0 amide bonds. The number of nitrogens with zero attached hydrogens (tertiary/aromatic N) is 1. The fourth-order valence-electron chi connectivity index (χ4n) is 1.91. The Labute approximate surface area is 79.6 Å². The zero-order chi connectivity index (χ0) is 9.26. The van der Waals surface area contributed by atoms with Crippen LogP contribution in [0.15, 0.2) is 24.3 Å². The van der Waals surface area contributed by atoms with E-state index in [1.165, 1.54) is 11.1 Å². The summed E-state index contributed by atoms with van der Waals surface area (Å²) in [5.41, 5.74) is 2.92. The molecular weight excluding hydrogens is 160 g/mol. The SMILES string of the molecule is CN(C)CC1NCc2ccccc21. The van der Waals surface area contributed by atoms with Crippen molar-refractivity contribution in [3.63, 3.8) is 0 Å². The molecule has 1 aliphatic heterocycles. The molecule has 2 heteroatoms. The number of likely N-dealkylation sites (N-methyl/N-ethyl adjacent to an activating group) is 1. The van der Waals surface area contributed by atoms with Gasteiger partial charge in [0.15, 0.2) is 0 Å². The average molecular weight is 176 g/mol. The second kappa shape index (κ2) is 3.48. The number of rotatable bonds is 2. The normalized spacial score (nSPS) is 20.7. The highest BCUT2D eigenvalue weighted by atomic mass is 15.1. The van der Waals surface area contributed by atoms with Crippen molar-refractivity contribution in [2.45, 2.75) is 12.6 Å². The van der Waals surface area contributed by atoms with Gasteiger partial charge in [0.25, 0.3) is 0 Å². The zero-order valence-electron chi connectivity index (χ0n) is 8.25.